The van der Waals surface area contributed by atoms with Crippen molar-refractivity contribution in [2.75, 3.05) is 0 Å². The van der Waals surface area contributed by atoms with Gasteiger partial charge in [-0.1, -0.05) is 25.6 Å². The zero-order valence-corrected chi connectivity index (χ0v) is 5.17. The van der Waals surface area contributed by atoms with Crippen LogP contribution in [0.1, 0.15) is 0 Å². The highest BCUT2D eigenvalue weighted by Gasteiger charge is 1.81. The highest BCUT2D eigenvalue weighted by atomic mass is 32.3. The Morgan fingerprint density at radius 3 is 1.83 bits per heavy atom. The van der Waals surface area contributed by atoms with Crippen LogP contribution < -0.4 is 0 Å². The van der Waals surface area contributed by atoms with Crippen LogP contribution in [0.4, 0.5) is 0 Å². The molecule has 0 bridgehead atoms. The van der Waals surface area contributed by atoms with Crippen LogP contribution in [0.25, 0.3) is 0 Å². The van der Waals surface area contributed by atoms with E-state index in [9.17, 15) is 8.76 Å². The summed E-state index contributed by atoms with van der Waals surface area (Å²) in [7, 11) is 0. The SMILES string of the molecule is O=S([O-])N(S)S. The molecule has 0 fully saturated rings. The van der Waals surface area contributed by atoms with Gasteiger partial charge in [0.2, 0.25) is 0 Å². The van der Waals surface area contributed by atoms with Gasteiger partial charge in [0.1, 0.15) is 0 Å². The Kier molecular flexibility index (Phi) is 3.23. The van der Waals surface area contributed by atoms with Crippen LogP contribution in [0.3, 0.4) is 0 Å². The Bertz CT molecular complexity index is 59.8. The summed E-state index contributed by atoms with van der Waals surface area (Å²) in [6, 6.07) is 0. The van der Waals surface area contributed by atoms with Crippen molar-refractivity contribution < 1.29 is 8.76 Å². The summed E-state index contributed by atoms with van der Waals surface area (Å²) in [5, 5.41) is 0. The van der Waals surface area contributed by atoms with E-state index in [1.807, 2.05) is 0 Å². The number of hydrogen-bond acceptors (Lipinski definition) is 4. The van der Waals surface area contributed by atoms with Crippen LogP contribution in [0, 0.1) is 0 Å². The van der Waals surface area contributed by atoms with Gasteiger partial charge < -0.3 is 4.55 Å². The fraction of sp³-hybridized carbons (Fsp3) is 0. The topological polar surface area (TPSA) is 43.4 Å². The fourth-order valence-electron chi connectivity index (χ4n) is 0. The maximum Gasteiger partial charge on any atom is 0.0413 e. The Morgan fingerprint density at radius 1 is 1.67 bits per heavy atom. The zero-order chi connectivity index (χ0) is 5.15. The van der Waals surface area contributed by atoms with Crippen LogP contribution in [-0.2, 0) is 11.3 Å². The Labute approximate surface area is 49.2 Å². The second kappa shape index (κ2) is 2.86. The lowest BCUT2D eigenvalue weighted by atomic mass is 13.8. The van der Waals surface area contributed by atoms with Gasteiger partial charge in [0.15, 0.2) is 0 Å². The van der Waals surface area contributed by atoms with E-state index in [-0.39, 0.29) is 0 Å². The van der Waals surface area contributed by atoms with Gasteiger partial charge in [-0.05, 0) is 0 Å². The maximum absolute atomic E-state index is 9.47. The molecule has 0 saturated carbocycles. The Balaban J connectivity index is 3.26. The molecule has 0 aliphatic rings. The summed E-state index contributed by atoms with van der Waals surface area (Å²) < 4.78 is 19.4. The summed E-state index contributed by atoms with van der Waals surface area (Å²) in [6.45, 7) is 0. The molecule has 0 N–H and O–H groups in total. The van der Waals surface area contributed by atoms with Gasteiger partial charge in [-0.3, -0.25) is 4.21 Å². The van der Waals surface area contributed by atoms with Crippen molar-refractivity contribution in [2.24, 2.45) is 0 Å². The minimum absolute atomic E-state index is 0.472. The van der Waals surface area contributed by atoms with Crippen molar-refractivity contribution in [2.45, 2.75) is 0 Å². The molecule has 0 saturated heterocycles. The van der Waals surface area contributed by atoms with Gasteiger partial charge in [-0.2, -0.15) is 0 Å². The molecule has 0 aromatic carbocycles. The minimum Gasteiger partial charge on any atom is -0.758 e. The normalized spacial score (nSPS) is 15.3. The minimum atomic E-state index is -2.31. The van der Waals surface area contributed by atoms with Crippen molar-refractivity contribution in [3.63, 3.8) is 0 Å². The lowest BCUT2D eigenvalue weighted by Crippen LogP contribution is -1.99. The van der Waals surface area contributed by atoms with E-state index in [0.29, 0.717) is 3.12 Å². The average Bonchev–Trinajstić information content (AvgIpc) is 1.36. The maximum atomic E-state index is 9.47. The first-order valence-corrected chi connectivity index (χ1v) is 2.75. The lowest BCUT2D eigenvalue weighted by Gasteiger charge is -2.07. The van der Waals surface area contributed by atoms with Crippen molar-refractivity contribution in [3.8, 4) is 0 Å². The highest BCUT2D eigenvalue weighted by Crippen LogP contribution is 1.97. The van der Waals surface area contributed by atoms with E-state index in [0.717, 1.165) is 0 Å². The van der Waals surface area contributed by atoms with Gasteiger partial charge in [0.05, 0.1) is 0 Å². The predicted octanol–water partition coefficient (Wildman–Crippen LogP) is -0.228. The average molecular weight is 144 g/mol. The number of rotatable bonds is 1. The van der Waals surface area contributed by atoms with Gasteiger partial charge in [0, 0.05) is 11.3 Å². The molecule has 0 aromatic heterocycles. The van der Waals surface area contributed by atoms with Crippen molar-refractivity contribution in [1.82, 2.24) is 3.12 Å². The number of nitrogens with zero attached hydrogens (tertiary/aromatic N) is 1. The third-order valence-corrected chi connectivity index (χ3v) is 1.20. The summed E-state index contributed by atoms with van der Waals surface area (Å²) >= 11 is 4.25. The van der Waals surface area contributed by atoms with Gasteiger partial charge in [-0.25, -0.2) is 0 Å². The molecule has 0 aromatic rings. The third kappa shape index (κ3) is 2.98. The molecule has 0 heterocycles. The Hall–Kier alpha value is 0.770. The van der Waals surface area contributed by atoms with Gasteiger partial charge in [0.25, 0.3) is 0 Å². The van der Waals surface area contributed by atoms with Crippen molar-refractivity contribution in [3.05, 3.63) is 0 Å². The van der Waals surface area contributed by atoms with E-state index in [1.54, 1.807) is 0 Å². The molecule has 0 radical (unpaired) electrons. The molecular formula is H2NO2S3-. The van der Waals surface area contributed by atoms with E-state index in [1.165, 1.54) is 0 Å². The highest BCUT2D eigenvalue weighted by molar-refractivity contribution is 8.07. The van der Waals surface area contributed by atoms with Crippen LogP contribution in [-0.4, -0.2) is 11.9 Å². The fourth-order valence-corrected chi connectivity index (χ4v) is 0. The van der Waals surface area contributed by atoms with Crippen molar-refractivity contribution >= 4 is 36.9 Å². The second-order valence-electron chi connectivity index (χ2n) is 0.470. The smallest absolute Gasteiger partial charge is 0.0413 e. The summed E-state index contributed by atoms with van der Waals surface area (Å²) in [6.07, 6.45) is 0. The third-order valence-electron chi connectivity index (χ3n) is 0.133. The number of thiol groups is 2. The van der Waals surface area contributed by atoms with E-state index >= 15 is 0 Å². The summed E-state index contributed by atoms with van der Waals surface area (Å²) in [5.41, 5.74) is 0. The standard InChI is InChI=1S/H3NO2S3/c2-6(3)1(4)5/h4-5H,(H,2,3)/p-1. The first-order chi connectivity index (χ1) is 2.64. The molecule has 1 unspecified atom stereocenters. The van der Waals surface area contributed by atoms with E-state index < -0.39 is 11.3 Å². The summed E-state index contributed by atoms with van der Waals surface area (Å²) in [5.74, 6) is 0. The van der Waals surface area contributed by atoms with E-state index in [2.05, 4.69) is 25.6 Å². The Morgan fingerprint density at radius 2 is 1.83 bits per heavy atom. The molecule has 6 heavy (non-hydrogen) atoms. The second-order valence-corrected chi connectivity index (χ2v) is 2.93. The lowest BCUT2D eigenvalue weighted by molar-refractivity contribution is 0.523. The molecule has 0 aliphatic carbocycles. The summed E-state index contributed by atoms with van der Waals surface area (Å²) in [4.78, 5) is 0. The van der Waals surface area contributed by atoms with Crippen LogP contribution in [0.2, 0.25) is 0 Å². The first-order valence-electron chi connectivity index (χ1n) is 0.916. The first kappa shape index (κ1) is 6.77. The molecule has 38 valence electrons. The number of hydrogen-bond donors (Lipinski definition) is 2. The molecule has 0 rings (SSSR count). The molecule has 0 aliphatic heterocycles. The van der Waals surface area contributed by atoms with Gasteiger partial charge >= 0.3 is 0 Å². The predicted molar refractivity (Wildman–Crippen MR) is 28.7 cm³/mol. The molecular weight excluding hydrogens is 142 g/mol. The quantitative estimate of drug-likeness (QED) is 0.394. The largest absolute Gasteiger partial charge is 0.758 e. The monoisotopic (exact) mass is 144 g/mol. The molecule has 0 amide bonds. The van der Waals surface area contributed by atoms with Crippen LogP contribution in [0.15, 0.2) is 0 Å². The molecule has 3 nitrogen and oxygen atoms in total. The zero-order valence-electron chi connectivity index (χ0n) is 2.57. The van der Waals surface area contributed by atoms with E-state index in [4.69, 9.17) is 0 Å². The molecule has 1 atom stereocenters. The molecule has 6 heteroatoms. The van der Waals surface area contributed by atoms with Gasteiger partial charge in [-0.15, -0.1) is 3.12 Å². The van der Waals surface area contributed by atoms with Crippen LogP contribution in [0.5, 0.6) is 0 Å². The van der Waals surface area contributed by atoms with Crippen LogP contribution >= 0.6 is 25.6 Å². The van der Waals surface area contributed by atoms with Crippen molar-refractivity contribution in [1.29, 1.82) is 0 Å². The molecule has 0 spiro atoms.